The van der Waals surface area contributed by atoms with Gasteiger partial charge in [-0.2, -0.15) is 0 Å². The predicted molar refractivity (Wildman–Crippen MR) is 114 cm³/mol. The maximum atomic E-state index is 8.42. The highest BCUT2D eigenvalue weighted by Crippen LogP contribution is 2.50. The molecule has 0 heterocycles. The second kappa shape index (κ2) is 6.29. The van der Waals surface area contributed by atoms with Gasteiger partial charge in [0.05, 0.1) is 8.07 Å². The smallest absolute Gasteiger partial charge is 0.242 e. The fourth-order valence-corrected chi connectivity index (χ4v) is 5.51. The Labute approximate surface area is 167 Å². The van der Waals surface area contributed by atoms with Gasteiger partial charge < -0.3 is 4.43 Å². The lowest BCUT2D eigenvalue weighted by atomic mass is 9.92. The first-order chi connectivity index (χ1) is 15.3. The highest BCUT2D eigenvalue weighted by molar-refractivity contribution is 6.84. The van der Waals surface area contributed by atoms with Gasteiger partial charge in [0, 0.05) is 23.8 Å². The zero-order valence-corrected chi connectivity index (χ0v) is 17.1. The van der Waals surface area contributed by atoms with Crippen LogP contribution >= 0.6 is 0 Å². The maximum Gasteiger partial charge on any atom is 0.242 e. The Hall–Kier alpha value is -1.59. The summed E-state index contributed by atoms with van der Waals surface area (Å²) in [5, 5.41) is -0.0695. The van der Waals surface area contributed by atoms with E-state index in [9.17, 15) is 0 Å². The summed E-state index contributed by atoms with van der Waals surface area (Å²) in [6.07, 6.45) is 0. The van der Waals surface area contributed by atoms with Crippen LogP contribution in [0.1, 0.15) is 40.5 Å². The summed E-state index contributed by atoms with van der Waals surface area (Å²) >= 11 is 0. The van der Waals surface area contributed by atoms with Crippen molar-refractivity contribution in [2.24, 2.45) is 0 Å². The minimum Gasteiger partial charge on any atom is -0.544 e. The maximum absolute atomic E-state index is 8.42. The molecule has 1 aliphatic rings. The Balaban J connectivity index is 2.58. The Bertz CT molecular complexity index is 1060. The van der Waals surface area contributed by atoms with E-state index < -0.39 is 41.7 Å². The summed E-state index contributed by atoms with van der Waals surface area (Å²) in [6, 6.07) is 14.5. The van der Waals surface area contributed by atoms with Gasteiger partial charge in [-0.15, -0.1) is 0 Å². The highest BCUT2D eigenvalue weighted by atomic mass is 28.4. The number of aryl methyl sites for hydroxylation is 1. The first kappa shape index (κ1) is 9.93. The van der Waals surface area contributed by atoms with Gasteiger partial charge in [0.15, 0.2) is 0 Å². The number of rotatable bonds is 4. The highest BCUT2D eigenvalue weighted by Gasteiger charge is 2.41. The second-order valence-electron chi connectivity index (χ2n) is 7.64. The van der Waals surface area contributed by atoms with Gasteiger partial charge in [0.2, 0.25) is 8.32 Å². The average Bonchev–Trinajstić information content (AvgIpc) is 2.92. The van der Waals surface area contributed by atoms with Crippen LogP contribution in [0.2, 0.25) is 39.1 Å². The van der Waals surface area contributed by atoms with Crippen molar-refractivity contribution in [2.45, 2.75) is 51.9 Å². The van der Waals surface area contributed by atoms with Crippen LogP contribution in [0.5, 0.6) is 0 Å². The lowest BCUT2D eigenvalue weighted by Crippen LogP contribution is -2.31. The van der Waals surface area contributed by atoms with E-state index >= 15 is 0 Å². The first-order valence-corrected chi connectivity index (χ1v) is 13.8. The van der Waals surface area contributed by atoms with Crippen LogP contribution in [0.3, 0.4) is 0 Å². The molecular formula is C22H30OSi2. The largest absolute Gasteiger partial charge is 0.544 e. The summed E-state index contributed by atoms with van der Waals surface area (Å²) in [4.78, 5) is 0. The van der Waals surface area contributed by atoms with Crippen LogP contribution < -0.4 is 0 Å². The molecule has 0 bridgehead atoms. The van der Waals surface area contributed by atoms with Gasteiger partial charge in [0.25, 0.3) is 0 Å². The molecule has 3 heteroatoms. The van der Waals surface area contributed by atoms with E-state index in [0.717, 1.165) is 5.56 Å². The molecule has 25 heavy (non-hydrogen) atoms. The molecule has 2 aromatic rings. The number of hydrogen-bond acceptors (Lipinski definition) is 1. The van der Waals surface area contributed by atoms with E-state index in [2.05, 4.69) is 0 Å². The van der Waals surface area contributed by atoms with Crippen LogP contribution in [0, 0.1) is 6.92 Å². The molecule has 1 aliphatic carbocycles. The van der Waals surface area contributed by atoms with Crippen molar-refractivity contribution in [1.29, 1.82) is 0 Å². The van der Waals surface area contributed by atoms with Gasteiger partial charge in [0.1, 0.15) is 5.76 Å². The SMILES string of the molecule is [2H]C([2H])([2H])[Si](C1=C(O[Si](C)(C)C)c2ccccc2C1c1ccc(C)cc1)(C([2H])([2H])[2H])C([2H])([2H])[2H]. The molecule has 0 aliphatic heterocycles. The first-order valence-electron chi connectivity index (χ1n) is 12.9. The van der Waals surface area contributed by atoms with E-state index in [4.69, 9.17) is 16.8 Å². The minimum absolute atomic E-state index is 0.0695. The second-order valence-corrected chi connectivity index (χ2v) is 14.1. The number of hydrogen-bond donors (Lipinski definition) is 0. The summed E-state index contributed by atoms with van der Waals surface area (Å²) in [7, 11) is -7.73. The lowest BCUT2D eigenvalue weighted by molar-refractivity contribution is 0.513. The normalized spacial score (nSPS) is 24.5. The van der Waals surface area contributed by atoms with Crippen LogP contribution in [-0.4, -0.2) is 16.4 Å². The summed E-state index contributed by atoms with van der Waals surface area (Å²) in [5.74, 6) is -0.702. The number of benzene rings is 2. The predicted octanol–water partition coefficient (Wildman–Crippen LogP) is 6.58. The fraction of sp³-hybridized carbons (Fsp3) is 0.364. The molecular weight excluding hydrogens is 336 g/mol. The van der Waals surface area contributed by atoms with Crippen LogP contribution in [0.25, 0.3) is 5.76 Å². The van der Waals surface area contributed by atoms with Crippen LogP contribution in [0.4, 0.5) is 0 Å². The van der Waals surface area contributed by atoms with Crippen molar-refractivity contribution >= 4 is 22.2 Å². The van der Waals surface area contributed by atoms with Crippen LogP contribution in [0.15, 0.2) is 53.7 Å². The Kier molecular flexibility index (Phi) is 2.50. The molecule has 0 radical (unpaired) electrons. The molecule has 3 rings (SSSR count). The summed E-state index contributed by atoms with van der Waals surface area (Å²) < 4.78 is 82.2. The monoisotopic (exact) mass is 375 g/mol. The third kappa shape index (κ3) is 3.68. The Morgan fingerprint density at radius 1 is 0.920 bits per heavy atom. The topological polar surface area (TPSA) is 9.23 Å². The molecule has 0 amide bonds. The van der Waals surface area contributed by atoms with E-state index in [1.54, 1.807) is 24.3 Å². The quantitative estimate of drug-likeness (QED) is 0.548. The zero-order valence-electron chi connectivity index (χ0n) is 24.1. The van der Waals surface area contributed by atoms with E-state index in [1.165, 1.54) is 0 Å². The summed E-state index contributed by atoms with van der Waals surface area (Å²) in [6.45, 7) is -2.09. The van der Waals surface area contributed by atoms with Gasteiger partial charge in [-0.1, -0.05) is 73.5 Å². The molecule has 0 saturated heterocycles. The average molecular weight is 376 g/mol. The van der Waals surface area contributed by atoms with Gasteiger partial charge in [-0.3, -0.25) is 0 Å². The Morgan fingerprint density at radius 2 is 1.56 bits per heavy atom. The molecule has 1 nitrogen and oxygen atoms in total. The molecule has 1 unspecified atom stereocenters. The molecule has 0 fully saturated rings. The van der Waals surface area contributed by atoms with Crippen molar-refractivity contribution in [1.82, 2.24) is 0 Å². The summed E-state index contributed by atoms with van der Waals surface area (Å²) in [5.41, 5.74) is 2.87. The van der Waals surface area contributed by atoms with E-state index in [1.807, 2.05) is 50.8 Å². The third-order valence-corrected chi connectivity index (χ3v) is 6.41. The van der Waals surface area contributed by atoms with Crippen LogP contribution in [-0.2, 0) is 4.43 Å². The van der Waals surface area contributed by atoms with Gasteiger partial charge in [-0.25, -0.2) is 0 Å². The molecule has 0 N–H and O–H groups in total. The van der Waals surface area contributed by atoms with E-state index in [0.29, 0.717) is 16.7 Å². The van der Waals surface area contributed by atoms with Crippen molar-refractivity contribution in [3.8, 4) is 0 Å². The number of allylic oxidation sites excluding steroid dienone is 1. The van der Waals surface area contributed by atoms with Crippen molar-refractivity contribution in [2.75, 3.05) is 0 Å². The molecule has 2 aromatic carbocycles. The molecule has 1 atom stereocenters. The van der Waals surface area contributed by atoms with Gasteiger partial charge >= 0.3 is 0 Å². The van der Waals surface area contributed by atoms with Crippen molar-refractivity contribution in [3.05, 3.63) is 76.0 Å². The van der Waals surface area contributed by atoms with Crippen molar-refractivity contribution in [3.63, 3.8) is 0 Å². The molecule has 0 aromatic heterocycles. The minimum atomic E-state index is -5.31. The van der Waals surface area contributed by atoms with E-state index in [-0.39, 0.29) is 11.0 Å². The third-order valence-electron chi connectivity index (χ3n) is 4.27. The number of fused-ring (bicyclic) bond motifs is 1. The van der Waals surface area contributed by atoms with Gasteiger partial charge in [-0.05, 0) is 42.9 Å². The zero-order chi connectivity index (χ0) is 25.9. The lowest BCUT2D eigenvalue weighted by Gasteiger charge is -2.29. The molecule has 0 spiro atoms. The fourth-order valence-electron chi connectivity index (χ4n) is 3.30. The molecule has 132 valence electrons. The standard InChI is InChI=1S/C22H30OSi2/c1-16-12-14-17(15-13-16)20-18-10-8-9-11-19(18)21(23-25(5,6)7)22(20)24(2,3)4/h8-15,20H,1-7H3/i2D3,3D3,4D3. The Morgan fingerprint density at radius 3 is 2.16 bits per heavy atom. The molecule has 0 saturated carbocycles. The van der Waals surface area contributed by atoms with Crippen molar-refractivity contribution < 1.29 is 16.8 Å².